The highest BCUT2D eigenvalue weighted by Crippen LogP contribution is 2.43. The predicted molar refractivity (Wildman–Crippen MR) is 210 cm³/mol. The average molecular weight is 757 g/mol. The Hall–Kier alpha value is -2.07. The molecule has 0 bridgehead atoms. The summed E-state index contributed by atoms with van der Waals surface area (Å²) in [5.41, 5.74) is 0. The van der Waals surface area contributed by atoms with Crippen LogP contribution in [0, 0.1) is 0 Å². The number of aliphatic hydroxyl groups is 2. The SMILES string of the molecule is CC/C=C\C/C=C\C/C=C\C/C=C\CCCCCCC(=O)OC(COC(=O)CCCCCCCCCCCCCC)COP(=O)(O)OCC(O)CO. The Labute approximate surface area is 315 Å². The number of hydrogen-bond donors (Lipinski definition) is 3. The number of allylic oxidation sites excluding steroid dienone is 8. The van der Waals surface area contributed by atoms with Crippen LogP contribution in [0.3, 0.4) is 0 Å². The number of rotatable bonds is 37. The van der Waals surface area contributed by atoms with Crippen molar-refractivity contribution in [3.05, 3.63) is 48.6 Å². The summed E-state index contributed by atoms with van der Waals surface area (Å²) in [4.78, 5) is 34.9. The number of hydrogen-bond acceptors (Lipinski definition) is 9. The van der Waals surface area contributed by atoms with E-state index in [1.165, 1.54) is 51.4 Å². The summed E-state index contributed by atoms with van der Waals surface area (Å²) >= 11 is 0. The molecule has 3 N–H and O–H groups in total. The Balaban J connectivity index is 4.39. The summed E-state index contributed by atoms with van der Waals surface area (Å²) in [5, 5.41) is 18.3. The Morgan fingerprint density at radius 1 is 0.596 bits per heavy atom. The molecule has 0 amide bonds. The highest BCUT2D eigenvalue weighted by Gasteiger charge is 2.27. The van der Waals surface area contributed by atoms with Crippen molar-refractivity contribution in [3.63, 3.8) is 0 Å². The van der Waals surface area contributed by atoms with Crippen LogP contribution in [0.25, 0.3) is 0 Å². The topological polar surface area (TPSA) is 149 Å². The third kappa shape index (κ3) is 36.3. The van der Waals surface area contributed by atoms with Crippen molar-refractivity contribution in [1.29, 1.82) is 0 Å². The van der Waals surface area contributed by atoms with Gasteiger partial charge in [-0.3, -0.25) is 18.6 Å². The zero-order valence-corrected chi connectivity index (χ0v) is 33.4. The molecule has 0 rings (SSSR count). The van der Waals surface area contributed by atoms with E-state index in [-0.39, 0.29) is 19.4 Å². The van der Waals surface area contributed by atoms with Crippen LogP contribution in [-0.2, 0) is 32.7 Å². The molecule has 302 valence electrons. The number of unbranched alkanes of at least 4 members (excludes halogenated alkanes) is 15. The number of aliphatic hydroxyl groups excluding tert-OH is 2. The molecule has 0 saturated heterocycles. The number of ether oxygens (including phenoxy) is 2. The van der Waals surface area contributed by atoms with Crippen molar-refractivity contribution in [2.75, 3.05) is 26.4 Å². The molecule has 0 aromatic heterocycles. The molecule has 0 aliphatic heterocycles. The van der Waals surface area contributed by atoms with Gasteiger partial charge in [0.2, 0.25) is 0 Å². The van der Waals surface area contributed by atoms with Crippen molar-refractivity contribution in [2.45, 2.75) is 174 Å². The molecule has 0 heterocycles. The van der Waals surface area contributed by atoms with Crippen molar-refractivity contribution in [3.8, 4) is 0 Å². The van der Waals surface area contributed by atoms with E-state index in [9.17, 15) is 24.2 Å². The lowest BCUT2D eigenvalue weighted by Crippen LogP contribution is -2.29. The first-order chi connectivity index (χ1) is 25.2. The summed E-state index contributed by atoms with van der Waals surface area (Å²) < 4.78 is 32.6. The molecule has 0 aromatic carbocycles. The summed E-state index contributed by atoms with van der Waals surface area (Å²) in [6.45, 7) is 2.22. The Morgan fingerprint density at radius 2 is 1.06 bits per heavy atom. The number of carbonyl (C=O) groups is 2. The van der Waals surface area contributed by atoms with Gasteiger partial charge in [0.1, 0.15) is 12.7 Å². The summed E-state index contributed by atoms with van der Waals surface area (Å²) in [6, 6.07) is 0. The number of phosphoric acid groups is 1. The zero-order valence-electron chi connectivity index (χ0n) is 32.5. The van der Waals surface area contributed by atoms with Crippen LogP contribution in [0.4, 0.5) is 0 Å². The molecule has 0 spiro atoms. The number of carbonyl (C=O) groups excluding carboxylic acids is 2. The first-order valence-corrected chi connectivity index (χ1v) is 21.6. The van der Waals surface area contributed by atoms with Gasteiger partial charge in [0, 0.05) is 12.8 Å². The Bertz CT molecular complexity index is 1010. The molecule has 11 heteroatoms. The van der Waals surface area contributed by atoms with Crippen LogP contribution < -0.4 is 0 Å². The largest absolute Gasteiger partial charge is 0.472 e. The highest BCUT2D eigenvalue weighted by atomic mass is 31.2. The number of esters is 2. The van der Waals surface area contributed by atoms with Crippen molar-refractivity contribution < 1.29 is 47.8 Å². The maximum Gasteiger partial charge on any atom is 0.472 e. The minimum atomic E-state index is -4.62. The third-order valence-electron chi connectivity index (χ3n) is 8.25. The van der Waals surface area contributed by atoms with Gasteiger partial charge in [-0.15, -0.1) is 0 Å². The van der Waals surface area contributed by atoms with Crippen molar-refractivity contribution >= 4 is 19.8 Å². The summed E-state index contributed by atoms with van der Waals surface area (Å²) in [7, 11) is -4.62. The van der Waals surface area contributed by atoms with Crippen LogP contribution in [0.2, 0.25) is 0 Å². The minimum Gasteiger partial charge on any atom is -0.462 e. The lowest BCUT2D eigenvalue weighted by Gasteiger charge is -2.20. The minimum absolute atomic E-state index is 0.156. The average Bonchev–Trinajstić information content (AvgIpc) is 3.13. The maximum absolute atomic E-state index is 12.6. The van der Waals surface area contributed by atoms with Gasteiger partial charge in [-0.25, -0.2) is 4.57 Å². The van der Waals surface area contributed by atoms with Gasteiger partial charge in [-0.05, 0) is 51.4 Å². The van der Waals surface area contributed by atoms with E-state index in [1.54, 1.807) is 0 Å². The second-order valence-corrected chi connectivity index (χ2v) is 14.7. The molecule has 0 aliphatic carbocycles. The van der Waals surface area contributed by atoms with Gasteiger partial charge in [0.15, 0.2) is 6.10 Å². The van der Waals surface area contributed by atoms with E-state index >= 15 is 0 Å². The molecule has 0 aliphatic rings. The predicted octanol–water partition coefficient (Wildman–Crippen LogP) is 10.2. The molecule has 3 atom stereocenters. The lowest BCUT2D eigenvalue weighted by molar-refractivity contribution is -0.161. The highest BCUT2D eigenvalue weighted by molar-refractivity contribution is 7.47. The Morgan fingerprint density at radius 3 is 1.60 bits per heavy atom. The van der Waals surface area contributed by atoms with Crippen LogP contribution in [0.5, 0.6) is 0 Å². The fourth-order valence-electron chi connectivity index (χ4n) is 5.16. The maximum atomic E-state index is 12.6. The molecule has 0 radical (unpaired) electrons. The van der Waals surface area contributed by atoms with Gasteiger partial charge in [0.25, 0.3) is 0 Å². The summed E-state index contributed by atoms with van der Waals surface area (Å²) in [5.74, 6) is -0.954. The second kappa shape index (κ2) is 37.3. The van der Waals surface area contributed by atoms with Gasteiger partial charge in [-0.1, -0.05) is 146 Å². The molecule has 52 heavy (non-hydrogen) atoms. The molecular formula is C41H73O10P. The fourth-order valence-corrected chi connectivity index (χ4v) is 5.95. The van der Waals surface area contributed by atoms with Gasteiger partial charge in [-0.2, -0.15) is 0 Å². The molecule has 3 unspecified atom stereocenters. The van der Waals surface area contributed by atoms with E-state index in [0.717, 1.165) is 70.6 Å². The third-order valence-corrected chi connectivity index (χ3v) is 9.20. The molecule has 0 aromatic rings. The van der Waals surface area contributed by atoms with E-state index in [4.69, 9.17) is 19.1 Å². The smallest absolute Gasteiger partial charge is 0.462 e. The van der Waals surface area contributed by atoms with Gasteiger partial charge in [0.05, 0.1) is 19.8 Å². The standard InChI is InChI=1S/C41H73O10P/c1-3-5-7-9-11-13-15-17-18-19-20-21-23-25-27-29-31-33-41(45)51-39(37-50-52(46,47)49-35-38(43)34-42)36-48-40(44)32-30-28-26-24-22-16-14-12-10-8-6-4-2/h5,7,11,13,17-18,20-21,38-39,42-43H,3-4,6,8-10,12,14-16,19,22-37H2,1-2H3,(H,46,47)/b7-5-,13-11-,18-17-,21-20-. The van der Waals surface area contributed by atoms with Crippen molar-refractivity contribution in [2.24, 2.45) is 0 Å². The quantitative estimate of drug-likeness (QED) is 0.0242. The van der Waals surface area contributed by atoms with Gasteiger partial charge >= 0.3 is 19.8 Å². The van der Waals surface area contributed by atoms with Crippen LogP contribution in [0.1, 0.15) is 162 Å². The molecule has 0 fully saturated rings. The monoisotopic (exact) mass is 756 g/mol. The molecule has 10 nitrogen and oxygen atoms in total. The van der Waals surface area contributed by atoms with Crippen LogP contribution in [0.15, 0.2) is 48.6 Å². The fraction of sp³-hybridized carbons (Fsp3) is 0.756. The van der Waals surface area contributed by atoms with E-state index in [1.807, 2.05) is 0 Å². The van der Waals surface area contributed by atoms with Crippen LogP contribution >= 0.6 is 7.82 Å². The lowest BCUT2D eigenvalue weighted by atomic mass is 10.0. The zero-order chi connectivity index (χ0) is 38.4. The second-order valence-electron chi connectivity index (χ2n) is 13.3. The summed E-state index contributed by atoms with van der Waals surface area (Å²) in [6.07, 6.45) is 37.9. The van der Waals surface area contributed by atoms with E-state index in [2.05, 4.69) is 67.0 Å². The Kier molecular flexibility index (Phi) is 35.8. The van der Waals surface area contributed by atoms with Crippen molar-refractivity contribution in [1.82, 2.24) is 0 Å². The van der Waals surface area contributed by atoms with Crippen LogP contribution in [-0.4, -0.2) is 65.7 Å². The van der Waals surface area contributed by atoms with E-state index in [0.29, 0.717) is 12.8 Å². The molecule has 0 saturated carbocycles. The molecular weight excluding hydrogens is 683 g/mol. The first-order valence-electron chi connectivity index (χ1n) is 20.1. The van der Waals surface area contributed by atoms with Gasteiger partial charge < -0.3 is 24.6 Å². The van der Waals surface area contributed by atoms with E-state index < -0.39 is 51.8 Å². The number of phosphoric ester groups is 1. The first kappa shape index (κ1) is 49.9. The normalized spacial score (nSPS) is 14.5.